The normalized spacial score (nSPS) is 14.8. The highest BCUT2D eigenvalue weighted by Gasteiger charge is 2.33. The minimum atomic E-state index is -1.55. The second kappa shape index (κ2) is 20.4. The number of hydrogen-bond donors (Lipinski definition) is 10. The molecule has 11 N–H and O–H groups in total. The molecule has 0 fully saturated rings. The largest absolute Gasteiger partial charge is 0.508 e. The Morgan fingerprint density at radius 1 is 0.702 bits per heavy atom. The van der Waals surface area contributed by atoms with Crippen molar-refractivity contribution in [3.05, 3.63) is 29.8 Å². The summed E-state index contributed by atoms with van der Waals surface area (Å²) >= 11 is 0. The number of hydrogen-bond acceptors (Lipinski definition) is 10. The van der Waals surface area contributed by atoms with E-state index in [0.717, 1.165) is 5.56 Å². The van der Waals surface area contributed by atoms with E-state index in [0.29, 0.717) is 12.8 Å². The Hall–Kier alpha value is -4.77. The minimum Gasteiger partial charge on any atom is -0.508 e. The fourth-order valence-corrected chi connectivity index (χ4v) is 4.45. The summed E-state index contributed by atoms with van der Waals surface area (Å²) in [5.74, 6) is -8.50. The molecular formula is C30H45N5O12. The maximum Gasteiger partial charge on any atom is 0.326 e. The molecule has 0 aromatic heterocycles. The maximum atomic E-state index is 13.3. The Morgan fingerprint density at radius 2 is 1.13 bits per heavy atom. The fraction of sp³-hybridized carbons (Fsp3) is 0.567. The number of carbonyl (C=O) groups is 7. The van der Waals surface area contributed by atoms with Crippen LogP contribution in [0.5, 0.6) is 5.75 Å². The lowest BCUT2D eigenvalue weighted by Gasteiger charge is -2.27. The molecule has 0 radical (unpaired) electrons. The molecular weight excluding hydrogens is 622 g/mol. The SMILES string of the molecule is CCC(C)C(NC(=O)C(CCC(=O)O)NC(=O)C(CCC(=O)O)NC(=O)C(CCC(=O)O)NCC(N)Cc1ccc(O)cc1)C(=O)O. The molecule has 1 rings (SSSR count). The van der Waals surface area contributed by atoms with Gasteiger partial charge in [-0.25, -0.2) is 4.79 Å². The van der Waals surface area contributed by atoms with Crippen molar-refractivity contribution >= 4 is 41.6 Å². The van der Waals surface area contributed by atoms with E-state index >= 15 is 0 Å². The third-order valence-corrected chi connectivity index (χ3v) is 7.36. The average Bonchev–Trinajstić information content (AvgIpc) is 2.99. The molecule has 1 aromatic carbocycles. The quantitative estimate of drug-likeness (QED) is 0.0697. The molecule has 262 valence electrons. The number of phenols is 1. The second-order valence-corrected chi connectivity index (χ2v) is 11.2. The Labute approximate surface area is 271 Å². The number of carbonyl (C=O) groups excluding carboxylic acids is 3. The molecule has 0 aliphatic rings. The van der Waals surface area contributed by atoms with Crippen LogP contribution in [0.25, 0.3) is 0 Å². The number of nitrogens with one attached hydrogen (secondary N) is 4. The van der Waals surface area contributed by atoms with E-state index in [2.05, 4.69) is 21.3 Å². The Balaban J connectivity index is 3.15. The van der Waals surface area contributed by atoms with Gasteiger partial charge in [-0.05, 0) is 49.3 Å². The van der Waals surface area contributed by atoms with Crippen LogP contribution in [0.1, 0.15) is 64.4 Å². The van der Waals surface area contributed by atoms with Crippen LogP contribution in [0.2, 0.25) is 0 Å². The summed E-state index contributed by atoms with van der Waals surface area (Å²) in [7, 11) is 0. The molecule has 1 aromatic rings. The first-order valence-corrected chi connectivity index (χ1v) is 15.1. The van der Waals surface area contributed by atoms with Crippen molar-refractivity contribution < 1.29 is 59.1 Å². The first kappa shape index (κ1) is 40.3. The van der Waals surface area contributed by atoms with Crippen molar-refractivity contribution in [2.75, 3.05) is 6.54 Å². The molecule has 6 atom stereocenters. The smallest absolute Gasteiger partial charge is 0.326 e. The minimum absolute atomic E-state index is 0.0307. The lowest BCUT2D eigenvalue weighted by Crippen LogP contribution is -2.58. The van der Waals surface area contributed by atoms with E-state index in [4.69, 9.17) is 10.8 Å². The molecule has 47 heavy (non-hydrogen) atoms. The predicted molar refractivity (Wildman–Crippen MR) is 165 cm³/mol. The maximum absolute atomic E-state index is 13.3. The van der Waals surface area contributed by atoms with Gasteiger partial charge in [-0.2, -0.15) is 0 Å². The molecule has 0 spiro atoms. The van der Waals surface area contributed by atoms with E-state index in [-0.39, 0.29) is 18.7 Å². The summed E-state index contributed by atoms with van der Waals surface area (Å²) in [6.45, 7) is 3.31. The van der Waals surface area contributed by atoms with Crippen LogP contribution in [0, 0.1) is 5.92 Å². The summed E-state index contributed by atoms with van der Waals surface area (Å²) < 4.78 is 0. The lowest BCUT2D eigenvalue weighted by atomic mass is 9.98. The molecule has 0 heterocycles. The zero-order chi connectivity index (χ0) is 35.7. The molecule has 6 unspecified atom stereocenters. The second-order valence-electron chi connectivity index (χ2n) is 11.2. The number of carboxylic acids is 4. The Kier molecular flexibility index (Phi) is 17.4. The highest BCUT2D eigenvalue weighted by molar-refractivity contribution is 5.94. The van der Waals surface area contributed by atoms with E-state index in [1.807, 2.05) is 0 Å². The van der Waals surface area contributed by atoms with E-state index < -0.39 is 110 Å². The van der Waals surface area contributed by atoms with Crippen molar-refractivity contribution in [3.63, 3.8) is 0 Å². The van der Waals surface area contributed by atoms with Crippen LogP contribution in [0.15, 0.2) is 24.3 Å². The number of carboxylic acid groups (broad SMARTS) is 4. The van der Waals surface area contributed by atoms with Gasteiger partial charge >= 0.3 is 23.9 Å². The van der Waals surface area contributed by atoms with Gasteiger partial charge in [0.15, 0.2) is 0 Å². The van der Waals surface area contributed by atoms with Crippen LogP contribution in [0.4, 0.5) is 0 Å². The molecule has 0 bridgehead atoms. The van der Waals surface area contributed by atoms with Crippen molar-refractivity contribution in [2.45, 2.75) is 95.4 Å². The number of rotatable bonds is 23. The molecule has 3 amide bonds. The summed E-state index contributed by atoms with van der Waals surface area (Å²) in [5.41, 5.74) is 6.96. The number of phenolic OH excluding ortho intramolecular Hbond substituents is 1. The Bertz CT molecular complexity index is 1240. The third-order valence-electron chi connectivity index (χ3n) is 7.36. The monoisotopic (exact) mass is 667 g/mol. The zero-order valence-electron chi connectivity index (χ0n) is 26.3. The van der Waals surface area contributed by atoms with Gasteiger partial charge in [-0.3, -0.25) is 28.8 Å². The predicted octanol–water partition coefficient (Wildman–Crippen LogP) is -0.600. The van der Waals surface area contributed by atoms with Crippen LogP contribution >= 0.6 is 0 Å². The van der Waals surface area contributed by atoms with Gasteiger partial charge in [0.25, 0.3) is 0 Å². The average molecular weight is 668 g/mol. The number of amides is 3. The van der Waals surface area contributed by atoms with Gasteiger partial charge in [0.1, 0.15) is 23.9 Å². The lowest BCUT2D eigenvalue weighted by molar-refractivity contribution is -0.144. The van der Waals surface area contributed by atoms with E-state index in [1.54, 1.807) is 26.0 Å². The van der Waals surface area contributed by atoms with Crippen molar-refractivity contribution in [1.82, 2.24) is 21.3 Å². The van der Waals surface area contributed by atoms with Crippen molar-refractivity contribution in [1.29, 1.82) is 0 Å². The molecule has 0 saturated carbocycles. The van der Waals surface area contributed by atoms with Crippen LogP contribution in [0.3, 0.4) is 0 Å². The molecule has 17 heteroatoms. The molecule has 0 aliphatic carbocycles. The number of aromatic hydroxyl groups is 1. The summed E-state index contributed by atoms with van der Waals surface area (Å²) in [5, 5.41) is 56.4. The van der Waals surface area contributed by atoms with Gasteiger partial charge in [-0.1, -0.05) is 32.4 Å². The summed E-state index contributed by atoms with van der Waals surface area (Å²) in [4.78, 5) is 85.2. The van der Waals surface area contributed by atoms with Crippen LogP contribution in [-0.2, 0) is 40.0 Å². The van der Waals surface area contributed by atoms with Gasteiger partial charge in [0, 0.05) is 31.8 Å². The first-order chi connectivity index (χ1) is 22.0. The van der Waals surface area contributed by atoms with Crippen molar-refractivity contribution in [2.24, 2.45) is 11.7 Å². The highest BCUT2D eigenvalue weighted by Crippen LogP contribution is 2.12. The molecule has 17 nitrogen and oxygen atoms in total. The number of nitrogens with two attached hydrogens (primary N) is 1. The van der Waals surface area contributed by atoms with Gasteiger partial charge in [0.2, 0.25) is 17.7 Å². The van der Waals surface area contributed by atoms with Gasteiger partial charge in [0.05, 0.1) is 6.04 Å². The van der Waals surface area contributed by atoms with E-state index in [9.17, 15) is 54.0 Å². The third kappa shape index (κ3) is 15.9. The first-order valence-electron chi connectivity index (χ1n) is 15.1. The van der Waals surface area contributed by atoms with Crippen molar-refractivity contribution in [3.8, 4) is 5.75 Å². The molecule has 0 aliphatic heterocycles. The van der Waals surface area contributed by atoms with Crippen LogP contribution in [-0.4, -0.2) is 104 Å². The summed E-state index contributed by atoms with van der Waals surface area (Å²) in [6.07, 6.45) is -2.02. The fourth-order valence-electron chi connectivity index (χ4n) is 4.45. The van der Waals surface area contributed by atoms with Gasteiger partial charge < -0.3 is 52.5 Å². The summed E-state index contributed by atoms with van der Waals surface area (Å²) in [6, 6.07) is 0.0909. The standard InChI is InChI=1S/C30H45N5O12/c1-3-16(2)26(30(46)47)35-29(45)22(10-13-25(41)42)34-28(44)21(9-12-24(39)40)33-27(43)20(8-11-23(37)38)32-15-18(31)14-17-4-6-19(36)7-5-17/h4-7,16,18,20-22,26,32,36H,3,8-15,31H2,1-2H3,(H,33,43)(H,34,44)(H,35,45)(H,37,38)(H,39,40)(H,41,42)(H,46,47). The zero-order valence-corrected chi connectivity index (χ0v) is 26.3. The topological polar surface area (TPSA) is 295 Å². The van der Waals surface area contributed by atoms with E-state index in [1.165, 1.54) is 12.1 Å². The van der Waals surface area contributed by atoms with Crippen LogP contribution < -0.4 is 27.0 Å². The molecule has 0 saturated heterocycles. The highest BCUT2D eigenvalue weighted by atomic mass is 16.4. The number of benzene rings is 1. The van der Waals surface area contributed by atoms with Gasteiger partial charge in [-0.15, -0.1) is 0 Å². The number of aliphatic carboxylic acids is 4. The Morgan fingerprint density at radius 3 is 1.55 bits per heavy atom.